The van der Waals surface area contributed by atoms with Crippen LogP contribution in [0.1, 0.15) is 122 Å². The molecule has 0 saturated heterocycles. The van der Waals surface area contributed by atoms with Gasteiger partial charge < -0.3 is 56.8 Å². The number of carbonyl (C=O) groups is 8. The summed E-state index contributed by atoms with van der Waals surface area (Å²) in [6.07, 6.45) is 8.38. The highest BCUT2D eigenvalue weighted by Gasteiger charge is 2.33. The third kappa shape index (κ3) is 21.6. The molecule has 0 bridgehead atoms. The number of carbonyl (C=O) groups excluding carboxylic acids is 8. The molecule has 0 radical (unpaired) electrons. The van der Waals surface area contributed by atoms with Crippen LogP contribution in [-0.4, -0.2) is 120 Å². The Balaban J connectivity index is 1.12. The highest BCUT2D eigenvalue weighted by atomic mass is 16.6. The molecule has 5 rings (SSSR count). The molecule has 0 heterocycles. The second kappa shape index (κ2) is 34.3. The van der Waals surface area contributed by atoms with Gasteiger partial charge in [0.2, 0.25) is 0 Å². The van der Waals surface area contributed by atoms with Gasteiger partial charge in [-0.1, -0.05) is 13.2 Å². The normalized spacial score (nSPS) is 16.7. The zero-order chi connectivity index (χ0) is 56.8. The largest absolute Gasteiger partial charge is 0.494 e. The predicted octanol–water partition coefficient (Wildman–Crippen LogP) is 8.74. The van der Waals surface area contributed by atoms with Gasteiger partial charge in [-0.05, 0) is 157 Å². The van der Waals surface area contributed by atoms with Crippen LogP contribution in [0.3, 0.4) is 0 Å². The molecule has 2 saturated carbocycles. The van der Waals surface area contributed by atoms with E-state index in [2.05, 4.69) is 13.2 Å². The highest BCUT2D eigenvalue weighted by Crippen LogP contribution is 2.35. The topological polar surface area (TPSA) is 247 Å². The summed E-state index contributed by atoms with van der Waals surface area (Å²) in [5.41, 5.74) is 0.0557. The van der Waals surface area contributed by atoms with Crippen molar-refractivity contribution >= 4 is 47.8 Å². The van der Waals surface area contributed by atoms with Crippen LogP contribution in [0.15, 0.2) is 86.0 Å². The van der Waals surface area contributed by atoms with E-state index in [9.17, 15) is 38.4 Å². The van der Waals surface area contributed by atoms with Gasteiger partial charge in [0.15, 0.2) is 0 Å². The molecule has 2 aliphatic carbocycles. The summed E-state index contributed by atoms with van der Waals surface area (Å²) in [5, 5.41) is 0. The maximum absolute atomic E-state index is 13.5. The first-order valence-corrected chi connectivity index (χ1v) is 26.9. The summed E-state index contributed by atoms with van der Waals surface area (Å²) in [6, 6.07) is 14.7. The molecule has 20 nitrogen and oxygen atoms in total. The lowest BCUT2D eigenvalue weighted by Gasteiger charge is -2.27. The van der Waals surface area contributed by atoms with Gasteiger partial charge in [-0.25, -0.2) is 24.0 Å². The van der Waals surface area contributed by atoms with Crippen LogP contribution in [0, 0.1) is 23.7 Å². The molecule has 0 aromatic heterocycles. The first-order chi connectivity index (χ1) is 38.3. The molecule has 428 valence electrons. The maximum atomic E-state index is 13.5. The van der Waals surface area contributed by atoms with Crippen LogP contribution in [0.2, 0.25) is 0 Å². The third-order valence-corrected chi connectivity index (χ3v) is 12.9. The van der Waals surface area contributed by atoms with Crippen molar-refractivity contribution in [2.24, 2.45) is 23.7 Å². The van der Waals surface area contributed by atoms with Crippen LogP contribution in [-0.2, 0) is 57.1 Å². The van der Waals surface area contributed by atoms with E-state index in [1.165, 1.54) is 42.5 Å². The molecule has 0 aliphatic heterocycles. The van der Waals surface area contributed by atoms with E-state index in [1.807, 2.05) is 6.92 Å². The molecule has 3 aromatic carbocycles. The van der Waals surface area contributed by atoms with Gasteiger partial charge in [-0.3, -0.25) is 14.4 Å². The minimum Gasteiger partial charge on any atom is -0.494 e. The summed E-state index contributed by atoms with van der Waals surface area (Å²) in [4.78, 5) is 102. The van der Waals surface area contributed by atoms with Crippen molar-refractivity contribution in [1.82, 2.24) is 0 Å². The van der Waals surface area contributed by atoms with Gasteiger partial charge in [0.05, 0.1) is 69.6 Å². The van der Waals surface area contributed by atoms with Gasteiger partial charge in [0, 0.05) is 25.4 Å². The van der Waals surface area contributed by atoms with E-state index < -0.39 is 53.6 Å². The molecule has 0 atom stereocenters. The van der Waals surface area contributed by atoms with Crippen molar-refractivity contribution in [1.29, 1.82) is 0 Å². The lowest BCUT2D eigenvalue weighted by atomic mass is 9.82. The molecule has 20 heteroatoms. The van der Waals surface area contributed by atoms with Gasteiger partial charge >= 0.3 is 47.8 Å². The molecular formula is C59H72O20. The SMILES string of the molecule is C=CC(=O)OCCCCOC(=O)C1CCC(COc2ccc(OC(=O)C3CCC(C(=O)Oc4ccc(OC(=O)c5ccc(OCCCCOC(=O)C=C)cc5)c(C(=O)OCCOCC)c4)CC3)cc2C(=O)OCCOCC)CC1. The van der Waals surface area contributed by atoms with Gasteiger partial charge in [-0.2, -0.15) is 0 Å². The average Bonchev–Trinajstić information content (AvgIpc) is 3.47. The first-order valence-electron chi connectivity index (χ1n) is 26.9. The van der Waals surface area contributed by atoms with Crippen LogP contribution < -0.4 is 23.7 Å². The van der Waals surface area contributed by atoms with E-state index in [4.69, 9.17) is 56.8 Å². The summed E-state index contributed by atoms with van der Waals surface area (Å²) in [6.45, 7) is 12.7. The third-order valence-electron chi connectivity index (χ3n) is 12.9. The second-order valence-corrected chi connectivity index (χ2v) is 18.5. The molecule has 0 amide bonds. The molecule has 2 aliphatic rings. The Hall–Kier alpha value is -7.58. The minimum atomic E-state index is -0.845. The standard InChI is InChI=1S/C59H72O20/c1-5-52(60)71-30-10-9-29-70-45-23-21-44(22-24-45)57(65)79-51-28-26-47(38-49(51)59(67)75-36-34-69-8-4)78-56(64)43-19-17-42(18-20-43)55(63)77-46-25-27-50(48(37-46)58(66)74-35-33-68-7-3)76-39-40-13-15-41(16-14-40)54(62)73-32-12-11-31-72-53(61)6-2/h5-6,21-28,37-38,40-43H,1-2,7-20,29-36,39H2,3-4H3. The zero-order valence-electron chi connectivity index (χ0n) is 45.1. The van der Waals surface area contributed by atoms with Crippen molar-refractivity contribution in [2.75, 3.05) is 72.7 Å². The van der Waals surface area contributed by atoms with E-state index in [-0.39, 0.29) is 110 Å². The molecule has 0 unspecified atom stereocenters. The van der Waals surface area contributed by atoms with E-state index in [0.717, 1.165) is 12.2 Å². The Labute approximate surface area is 460 Å². The number of ether oxygens (including phenoxy) is 12. The first kappa shape index (κ1) is 62.3. The summed E-state index contributed by atoms with van der Waals surface area (Å²) < 4.78 is 65.8. The molecule has 0 N–H and O–H groups in total. The smallest absolute Gasteiger partial charge is 0.343 e. The Kier molecular flexibility index (Phi) is 27.1. The van der Waals surface area contributed by atoms with Crippen LogP contribution in [0.25, 0.3) is 0 Å². The molecule has 2 fully saturated rings. The number of benzene rings is 3. The lowest BCUT2D eigenvalue weighted by molar-refractivity contribution is -0.150. The average molecular weight is 1100 g/mol. The Morgan fingerprint density at radius 1 is 0.443 bits per heavy atom. The zero-order valence-corrected chi connectivity index (χ0v) is 45.1. The molecule has 0 spiro atoms. The summed E-state index contributed by atoms with van der Waals surface area (Å²) in [5.74, 6) is -5.25. The summed E-state index contributed by atoms with van der Waals surface area (Å²) >= 11 is 0. The fourth-order valence-electron chi connectivity index (χ4n) is 8.44. The van der Waals surface area contributed by atoms with Gasteiger partial charge in [0.1, 0.15) is 53.1 Å². The number of unbranched alkanes of at least 4 members (excludes halogenated alkanes) is 2. The quantitative estimate of drug-likeness (QED) is 0.0182. The number of rotatable bonds is 33. The van der Waals surface area contributed by atoms with Gasteiger partial charge in [-0.15, -0.1) is 0 Å². The Morgan fingerprint density at radius 3 is 1.39 bits per heavy atom. The van der Waals surface area contributed by atoms with Crippen molar-refractivity contribution in [3.63, 3.8) is 0 Å². The number of esters is 8. The van der Waals surface area contributed by atoms with E-state index >= 15 is 0 Å². The fourth-order valence-corrected chi connectivity index (χ4v) is 8.44. The molecular weight excluding hydrogens is 1030 g/mol. The minimum absolute atomic E-state index is 0.00339. The highest BCUT2D eigenvalue weighted by molar-refractivity contribution is 5.97. The molecule has 79 heavy (non-hydrogen) atoms. The Bertz CT molecular complexity index is 2500. The van der Waals surface area contributed by atoms with Crippen molar-refractivity contribution in [3.05, 3.63) is 103 Å². The van der Waals surface area contributed by atoms with Crippen LogP contribution >= 0.6 is 0 Å². The monoisotopic (exact) mass is 1100 g/mol. The fraction of sp³-hybridized carbons (Fsp3) is 0.492. The van der Waals surface area contributed by atoms with E-state index in [1.54, 1.807) is 25.1 Å². The van der Waals surface area contributed by atoms with Crippen molar-refractivity contribution in [2.45, 2.75) is 90.9 Å². The summed E-state index contributed by atoms with van der Waals surface area (Å²) in [7, 11) is 0. The van der Waals surface area contributed by atoms with Crippen LogP contribution in [0.4, 0.5) is 0 Å². The van der Waals surface area contributed by atoms with Crippen molar-refractivity contribution in [3.8, 4) is 28.7 Å². The van der Waals surface area contributed by atoms with Crippen LogP contribution in [0.5, 0.6) is 28.7 Å². The Morgan fingerprint density at radius 2 is 0.886 bits per heavy atom. The maximum Gasteiger partial charge on any atom is 0.343 e. The molecule has 3 aromatic rings. The number of hydrogen-bond donors (Lipinski definition) is 0. The lowest BCUT2D eigenvalue weighted by Crippen LogP contribution is -2.30. The number of hydrogen-bond acceptors (Lipinski definition) is 20. The predicted molar refractivity (Wildman–Crippen MR) is 283 cm³/mol. The second-order valence-electron chi connectivity index (χ2n) is 18.5. The van der Waals surface area contributed by atoms with Crippen molar-refractivity contribution < 1.29 is 95.2 Å². The van der Waals surface area contributed by atoms with Gasteiger partial charge in [0.25, 0.3) is 0 Å². The van der Waals surface area contributed by atoms with E-state index in [0.29, 0.717) is 103 Å².